The molecule has 1 aromatic carbocycles. The van der Waals surface area contributed by atoms with E-state index < -0.39 is 0 Å². The normalized spacial score (nSPS) is 10.3. The van der Waals surface area contributed by atoms with Gasteiger partial charge in [-0.05, 0) is 26.0 Å². The Morgan fingerprint density at radius 2 is 2.19 bits per heavy atom. The average molecular weight is 306 g/mol. The molecule has 1 heterocycles. The van der Waals surface area contributed by atoms with Crippen molar-refractivity contribution in [3.63, 3.8) is 0 Å². The standard InChI is InChI=1S/C15H18N2O3S/c1-5-20-14(18)13-10(2)21-15(16-13)17(3)11-7-6-8-12(9-11)19-4/h6-9H,5H2,1-4H3. The van der Waals surface area contributed by atoms with Gasteiger partial charge < -0.3 is 14.4 Å². The van der Waals surface area contributed by atoms with E-state index in [1.807, 2.05) is 43.1 Å². The second-order valence-electron chi connectivity index (χ2n) is 4.38. The van der Waals surface area contributed by atoms with Gasteiger partial charge >= 0.3 is 5.97 Å². The number of hydrogen-bond donors (Lipinski definition) is 0. The average Bonchev–Trinajstić information content (AvgIpc) is 2.89. The van der Waals surface area contributed by atoms with Gasteiger partial charge in [-0.1, -0.05) is 6.07 Å². The van der Waals surface area contributed by atoms with Gasteiger partial charge in [0.15, 0.2) is 10.8 Å². The van der Waals surface area contributed by atoms with Crippen LogP contribution < -0.4 is 9.64 Å². The number of benzene rings is 1. The maximum atomic E-state index is 11.8. The van der Waals surface area contributed by atoms with Crippen LogP contribution in [0, 0.1) is 6.92 Å². The van der Waals surface area contributed by atoms with Gasteiger partial charge in [-0.25, -0.2) is 9.78 Å². The summed E-state index contributed by atoms with van der Waals surface area (Å²) >= 11 is 1.46. The Hall–Kier alpha value is -2.08. The van der Waals surface area contributed by atoms with Crippen LogP contribution in [0.5, 0.6) is 5.75 Å². The van der Waals surface area contributed by atoms with Crippen molar-refractivity contribution in [3.05, 3.63) is 34.8 Å². The summed E-state index contributed by atoms with van der Waals surface area (Å²) < 4.78 is 10.2. The van der Waals surface area contributed by atoms with Crippen molar-refractivity contribution in [1.29, 1.82) is 0 Å². The van der Waals surface area contributed by atoms with Crippen LogP contribution in [0.4, 0.5) is 10.8 Å². The number of carbonyl (C=O) groups excluding carboxylic acids is 1. The number of anilines is 2. The minimum Gasteiger partial charge on any atom is -0.497 e. The second-order valence-corrected chi connectivity index (χ2v) is 5.56. The van der Waals surface area contributed by atoms with Crippen LogP contribution >= 0.6 is 11.3 Å². The third-order valence-electron chi connectivity index (χ3n) is 2.98. The molecule has 0 aliphatic carbocycles. The van der Waals surface area contributed by atoms with Crippen molar-refractivity contribution in [2.75, 3.05) is 25.7 Å². The van der Waals surface area contributed by atoms with Gasteiger partial charge in [0.25, 0.3) is 0 Å². The van der Waals surface area contributed by atoms with Gasteiger partial charge in [-0.15, -0.1) is 11.3 Å². The van der Waals surface area contributed by atoms with E-state index in [1.165, 1.54) is 11.3 Å². The van der Waals surface area contributed by atoms with Gasteiger partial charge in [-0.3, -0.25) is 0 Å². The van der Waals surface area contributed by atoms with E-state index in [9.17, 15) is 4.79 Å². The van der Waals surface area contributed by atoms with Gasteiger partial charge in [0.05, 0.1) is 13.7 Å². The largest absolute Gasteiger partial charge is 0.497 e. The fourth-order valence-corrected chi connectivity index (χ4v) is 2.72. The van der Waals surface area contributed by atoms with E-state index in [2.05, 4.69) is 4.98 Å². The zero-order valence-electron chi connectivity index (χ0n) is 12.5. The van der Waals surface area contributed by atoms with Crippen molar-refractivity contribution in [1.82, 2.24) is 4.98 Å². The van der Waals surface area contributed by atoms with Crippen molar-refractivity contribution >= 4 is 28.1 Å². The zero-order chi connectivity index (χ0) is 15.4. The van der Waals surface area contributed by atoms with E-state index in [-0.39, 0.29) is 5.97 Å². The molecular formula is C15H18N2O3S. The first-order valence-electron chi connectivity index (χ1n) is 6.59. The Balaban J connectivity index is 2.29. The van der Waals surface area contributed by atoms with Gasteiger partial charge in [0.1, 0.15) is 5.75 Å². The lowest BCUT2D eigenvalue weighted by Gasteiger charge is -2.16. The number of nitrogens with zero attached hydrogens (tertiary/aromatic N) is 2. The number of rotatable bonds is 5. The molecule has 2 rings (SSSR count). The molecular weight excluding hydrogens is 288 g/mol. The number of carbonyl (C=O) groups is 1. The number of aryl methyl sites for hydroxylation is 1. The van der Waals surface area contributed by atoms with E-state index in [0.29, 0.717) is 12.3 Å². The SMILES string of the molecule is CCOC(=O)c1nc(N(C)c2cccc(OC)c2)sc1C. The van der Waals surface area contributed by atoms with Crippen molar-refractivity contribution in [3.8, 4) is 5.75 Å². The van der Waals surface area contributed by atoms with Crippen LogP contribution in [-0.2, 0) is 4.74 Å². The van der Waals surface area contributed by atoms with Crippen LogP contribution in [0.2, 0.25) is 0 Å². The Kier molecular flexibility index (Phi) is 4.80. The van der Waals surface area contributed by atoms with Gasteiger partial charge in [0.2, 0.25) is 0 Å². The fourth-order valence-electron chi connectivity index (χ4n) is 1.84. The maximum absolute atomic E-state index is 11.8. The third-order valence-corrected chi connectivity index (χ3v) is 4.03. The summed E-state index contributed by atoms with van der Waals surface area (Å²) in [4.78, 5) is 19.0. The molecule has 5 nitrogen and oxygen atoms in total. The first-order valence-corrected chi connectivity index (χ1v) is 7.40. The van der Waals surface area contributed by atoms with Gasteiger partial charge in [-0.2, -0.15) is 0 Å². The summed E-state index contributed by atoms with van der Waals surface area (Å²) in [6.07, 6.45) is 0. The quantitative estimate of drug-likeness (QED) is 0.792. The number of methoxy groups -OCH3 is 1. The summed E-state index contributed by atoms with van der Waals surface area (Å²) in [5, 5.41) is 0.740. The molecule has 0 aliphatic heterocycles. The molecule has 0 saturated carbocycles. The molecule has 0 aliphatic rings. The number of hydrogen-bond acceptors (Lipinski definition) is 6. The third kappa shape index (κ3) is 3.33. The van der Waals surface area contributed by atoms with Gasteiger partial charge in [0, 0.05) is 23.7 Å². The van der Waals surface area contributed by atoms with Crippen LogP contribution in [0.15, 0.2) is 24.3 Å². The fraction of sp³-hybridized carbons (Fsp3) is 0.333. The smallest absolute Gasteiger partial charge is 0.358 e. The molecule has 0 N–H and O–H groups in total. The molecule has 112 valence electrons. The molecule has 2 aromatic rings. The number of esters is 1. The van der Waals surface area contributed by atoms with Crippen LogP contribution in [0.1, 0.15) is 22.3 Å². The van der Waals surface area contributed by atoms with E-state index >= 15 is 0 Å². The van der Waals surface area contributed by atoms with Crippen LogP contribution in [0.3, 0.4) is 0 Å². The molecule has 0 unspecified atom stereocenters. The lowest BCUT2D eigenvalue weighted by Crippen LogP contribution is -2.11. The first-order chi connectivity index (χ1) is 10.1. The van der Waals surface area contributed by atoms with Crippen molar-refractivity contribution < 1.29 is 14.3 Å². The monoisotopic (exact) mass is 306 g/mol. The van der Waals surface area contributed by atoms with Crippen LogP contribution in [0.25, 0.3) is 0 Å². The molecule has 0 spiro atoms. The van der Waals surface area contributed by atoms with E-state index in [0.717, 1.165) is 21.4 Å². The predicted octanol–water partition coefficient (Wildman–Crippen LogP) is 3.40. The highest BCUT2D eigenvalue weighted by molar-refractivity contribution is 7.15. The highest BCUT2D eigenvalue weighted by atomic mass is 32.1. The molecule has 0 bridgehead atoms. The predicted molar refractivity (Wildman–Crippen MR) is 83.9 cm³/mol. The molecule has 1 aromatic heterocycles. The molecule has 0 saturated heterocycles. The number of thiazole rings is 1. The molecule has 0 fully saturated rings. The zero-order valence-corrected chi connectivity index (χ0v) is 13.4. The Morgan fingerprint density at radius 1 is 1.43 bits per heavy atom. The lowest BCUT2D eigenvalue weighted by molar-refractivity contribution is 0.0519. The molecule has 0 atom stereocenters. The van der Waals surface area contributed by atoms with Crippen LogP contribution in [-0.4, -0.2) is 31.7 Å². The minimum atomic E-state index is -0.378. The Labute approximate surface area is 128 Å². The summed E-state index contributed by atoms with van der Waals surface area (Å²) in [6, 6.07) is 7.68. The van der Waals surface area contributed by atoms with Crippen molar-refractivity contribution in [2.45, 2.75) is 13.8 Å². The highest BCUT2D eigenvalue weighted by Gasteiger charge is 2.19. The summed E-state index contributed by atoms with van der Waals surface area (Å²) in [6.45, 7) is 3.99. The molecule has 0 amide bonds. The lowest BCUT2D eigenvalue weighted by atomic mass is 10.3. The number of aromatic nitrogens is 1. The highest BCUT2D eigenvalue weighted by Crippen LogP contribution is 2.31. The summed E-state index contributed by atoms with van der Waals surface area (Å²) in [5.74, 6) is 0.398. The molecule has 6 heteroatoms. The van der Waals surface area contributed by atoms with E-state index in [1.54, 1.807) is 14.0 Å². The topological polar surface area (TPSA) is 51.7 Å². The Bertz CT molecular complexity index is 640. The van der Waals surface area contributed by atoms with E-state index in [4.69, 9.17) is 9.47 Å². The first kappa shape index (κ1) is 15.3. The maximum Gasteiger partial charge on any atom is 0.358 e. The molecule has 21 heavy (non-hydrogen) atoms. The molecule has 0 radical (unpaired) electrons. The Morgan fingerprint density at radius 3 is 2.86 bits per heavy atom. The second kappa shape index (κ2) is 6.58. The van der Waals surface area contributed by atoms with Crippen molar-refractivity contribution in [2.24, 2.45) is 0 Å². The number of ether oxygens (including phenoxy) is 2. The minimum absolute atomic E-state index is 0.344. The summed E-state index contributed by atoms with van der Waals surface area (Å²) in [5.41, 5.74) is 1.32. The summed E-state index contributed by atoms with van der Waals surface area (Å²) in [7, 11) is 3.54.